The molecule has 2 heterocycles. The third kappa shape index (κ3) is 1.70. The quantitative estimate of drug-likeness (QED) is 0.879. The van der Waals surface area contributed by atoms with Gasteiger partial charge in [0.25, 0.3) is 11.9 Å². The molecule has 2 N–H and O–H groups in total. The minimum Gasteiger partial charge on any atom is -0.448 e. The van der Waals surface area contributed by atoms with Crippen molar-refractivity contribution in [2.75, 3.05) is 7.05 Å². The van der Waals surface area contributed by atoms with E-state index in [1.54, 1.807) is 14.0 Å². The molecule has 3 rings (SSSR count). The highest BCUT2D eigenvalue weighted by Gasteiger charge is 2.48. The van der Waals surface area contributed by atoms with Gasteiger partial charge in [-0.05, 0) is 18.6 Å². The van der Waals surface area contributed by atoms with Crippen LogP contribution in [0.2, 0.25) is 0 Å². The van der Waals surface area contributed by atoms with Gasteiger partial charge in [0.1, 0.15) is 0 Å². The van der Waals surface area contributed by atoms with Crippen molar-refractivity contribution in [2.24, 2.45) is 4.99 Å². The Labute approximate surface area is 117 Å². The van der Waals surface area contributed by atoms with Gasteiger partial charge >= 0.3 is 0 Å². The number of fused-ring (bicyclic) bond motifs is 1. The molecule has 2 aromatic rings. The van der Waals surface area contributed by atoms with Gasteiger partial charge in [-0.15, -0.1) is 0 Å². The molecule has 0 radical (unpaired) electrons. The number of benzene rings is 1. The summed E-state index contributed by atoms with van der Waals surface area (Å²) in [5.74, 6) is -0.256. The van der Waals surface area contributed by atoms with E-state index in [-0.39, 0.29) is 17.8 Å². The standard InChI is InChI=1S/C15H17N3O2/c1-9(15(2)13(19)18-14(16-3)20-15)11-8-17-12-7-5-4-6-10(11)12/h4-9,17H,1-3H3,(H,16,18,19)/t9-,15-/m0/s1. The fourth-order valence-electron chi connectivity index (χ4n) is 2.63. The fraction of sp³-hybridized carbons (Fsp3) is 0.333. The number of para-hydroxylation sites is 1. The number of hydrogen-bond acceptors (Lipinski definition) is 3. The van der Waals surface area contributed by atoms with Crippen molar-refractivity contribution < 1.29 is 9.53 Å². The predicted molar refractivity (Wildman–Crippen MR) is 77.7 cm³/mol. The zero-order valence-corrected chi connectivity index (χ0v) is 11.7. The van der Waals surface area contributed by atoms with Crippen LogP contribution >= 0.6 is 0 Å². The first kappa shape index (κ1) is 12.7. The largest absolute Gasteiger partial charge is 0.448 e. The lowest BCUT2D eigenvalue weighted by Crippen LogP contribution is -2.40. The van der Waals surface area contributed by atoms with E-state index in [0.29, 0.717) is 0 Å². The molecule has 1 aromatic heterocycles. The van der Waals surface area contributed by atoms with E-state index in [0.717, 1.165) is 16.5 Å². The zero-order chi connectivity index (χ0) is 14.3. The summed E-state index contributed by atoms with van der Waals surface area (Å²) < 4.78 is 5.72. The molecule has 1 fully saturated rings. The SMILES string of the molecule is CN=C1NC(=O)[C@](C)([C@@H](C)c2c[nH]c3ccccc23)O1. The van der Waals surface area contributed by atoms with E-state index in [2.05, 4.69) is 15.3 Å². The van der Waals surface area contributed by atoms with Crippen LogP contribution in [0.5, 0.6) is 0 Å². The molecule has 20 heavy (non-hydrogen) atoms. The van der Waals surface area contributed by atoms with Gasteiger partial charge in [-0.3, -0.25) is 10.1 Å². The summed E-state index contributed by atoms with van der Waals surface area (Å²) >= 11 is 0. The maximum Gasteiger partial charge on any atom is 0.292 e. The Bertz CT molecular complexity index is 704. The number of amidine groups is 1. The van der Waals surface area contributed by atoms with E-state index in [9.17, 15) is 4.79 Å². The number of hydrogen-bond donors (Lipinski definition) is 2. The summed E-state index contributed by atoms with van der Waals surface area (Å²) in [4.78, 5) is 19.4. The lowest BCUT2D eigenvalue weighted by atomic mass is 9.84. The molecular formula is C15H17N3O2. The molecule has 5 nitrogen and oxygen atoms in total. The van der Waals surface area contributed by atoms with Crippen LogP contribution in [0.15, 0.2) is 35.5 Å². The molecule has 1 aliphatic heterocycles. The first-order valence-corrected chi connectivity index (χ1v) is 6.59. The molecule has 5 heteroatoms. The number of amides is 1. The van der Waals surface area contributed by atoms with Crippen LogP contribution in [-0.4, -0.2) is 29.6 Å². The van der Waals surface area contributed by atoms with Gasteiger partial charge in [0.15, 0.2) is 5.60 Å². The van der Waals surface area contributed by atoms with Gasteiger partial charge in [-0.25, -0.2) is 4.99 Å². The topological polar surface area (TPSA) is 66.5 Å². The molecule has 2 atom stereocenters. The minimum absolute atomic E-state index is 0.0992. The lowest BCUT2D eigenvalue weighted by molar-refractivity contribution is -0.131. The average molecular weight is 271 g/mol. The molecule has 1 aromatic carbocycles. The number of aromatic amines is 1. The van der Waals surface area contributed by atoms with Crippen LogP contribution in [0.25, 0.3) is 10.9 Å². The summed E-state index contributed by atoms with van der Waals surface area (Å²) in [5.41, 5.74) is 1.18. The molecule has 0 aliphatic carbocycles. The van der Waals surface area contributed by atoms with Crippen LogP contribution in [0, 0.1) is 0 Å². The highest BCUT2D eigenvalue weighted by molar-refractivity contribution is 6.05. The normalized spacial score (nSPS) is 25.8. The Morgan fingerprint density at radius 3 is 2.80 bits per heavy atom. The summed E-state index contributed by atoms with van der Waals surface area (Å²) in [6.45, 7) is 3.79. The number of aromatic nitrogens is 1. The zero-order valence-electron chi connectivity index (χ0n) is 11.7. The van der Waals surface area contributed by atoms with Crippen molar-refractivity contribution in [3.8, 4) is 0 Å². The van der Waals surface area contributed by atoms with Crippen LogP contribution in [-0.2, 0) is 9.53 Å². The number of rotatable bonds is 2. The van der Waals surface area contributed by atoms with Gasteiger partial charge in [0.05, 0.1) is 0 Å². The number of carbonyl (C=O) groups is 1. The lowest BCUT2D eigenvalue weighted by Gasteiger charge is -2.27. The number of H-pyrrole nitrogens is 1. The van der Waals surface area contributed by atoms with Crippen molar-refractivity contribution >= 4 is 22.8 Å². The van der Waals surface area contributed by atoms with Crippen molar-refractivity contribution in [1.82, 2.24) is 10.3 Å². The molecule has 0 unspecified atom stereocenters. The first-order chi connectivity index (χ1) is 9.56. The Morgan fingerprint density at radius 2 is 2.10 bits per heavy atom. The maximum absolute atomic E-state index is 12.2. The Hall–Kier alpha value is -2.30. The summed E-state index contributed by atoms with van der Waals surface area (Å²) in [7, 11) is 1.59. The fourth-order valence-corrected chi connectivity index (χ4v) is 2.63. The maximum atomic E-state index is 12.2. The van der Waals surface area contributed by atoms with Gasteiger partial charge in [0.2, 0.25) is 0 Å². The second kappa shape index (κ2) is 4.37. The molecular weight excluding hydrogens is 254 g/mol. The number of nitrogens with zero attached hydrogens (tertiary/aromatic N) is 1. The Balaban J connectivity index is 2.04. The van der Waals surface area contributed by atoms with E-state index in [1.807, 2.05) is 37.4 Å². The molecule has 1 aliphatic rings. The van der Waals surface area contributed by atoms with Crippen molar-refractivity contribution in [2.45, 2.75) is 25.4 Å². The molecule has 0 bridgehead atoms. The van der Waals surface area contributed by atoms with Gasteiger partial charge in [-0.1, -0.05) is 25.1 Å². The monoisotopic (exact) mass is 271 g/mol. The summed E-state index contributed by atoms with van der Waals surface area (Å²) in [6, 6.07) is 8.31. The number of nitrogens with one attached hydrogen (secondary N) is 2. The highest BCUT2D eigenvalue weighted by Crippen LogP contribution is 2.37. The van der Waals surface area contributed by atoms with E-state index < -0.39 is 5.60 Å². The van der Waals surface area contributed by atoms with Gasteiger partial charge in [-0.2, -0.15) is 0 Å². The van der Waals surface area contributed by atoms with E-state index >= 15 is 0 Å². The van der Waals surface area contributed by atoms with Crippen molar-refractivity contribution in [3.63, 3.8) is 0 Å². The number of aliphatic imine (C=N–C) groups is 1. The Kier molecular flexibility index (Phi) is 2.78. The molecule has 0 saturated carbocycles. The van der Waals surface area contributed by atoms with Crippen LogP contribution in [0.3, 0.4) is 0 Å². The minimum atomic E-state index is -0.945. The van der Waals surface area contributed by atoms with Crippen LogP contribution in [0.4, 0.5) is 0 Å². The number of carbonyl (C=O) groups excluding carboxylic acids is 1. The summed E-state index contributed by atoms with van der Waals surface area (Å²) in [5, 5.41) is 3.77. The molecule has 1 saturated heterocycles. The molecule has 104 valence electrons. The van der Waals surface area contributed by atoms with Crippen molar-refractivity contribution in [1.29, 1.82) is 0 Å². The smallest absolute Gasteiger partial charge is 0.292 e. The predicted octanol–water partition coefficient (Wildman–Crippen LogP) is 2.16. The van der Waals surface area contributed by atoms with Crippen LogP contribution in [0.1, 0.15) is 25.3 Å². The molecule has 1 amide bonds. The van der Waals surface area contributed by atoms with Crippen LogP contribution < -0.4 is 5.32 Å². The third-order valence-corrected chi connectivity index (χ3v) is 4.10. The first-order valence-electron chi connectivity index (χ1n) is 6.59. The van der Waals surface area contributed by atoms with Gasteiger partial charge in [0, 0.05) is 30.1 Å². The highest BCUT2D eigenvalue weighted by atomic mass is 16.5. The van der Waals surface area contributed by atoms with Crippen molar-refractivity contribution in [3.05, 3.63) is 36.0 Å². The summed E-state index contributed by atoms with van der Waals surface area (Å²) in [6.07, 6.45) is 1.94. The Morgan fingerprint density at radius 1 is 1.35 bits per heavy atom. The average Bonchev–Trinajstić information content (AvgIpc) is 3.01. The third-order valence-electron chi connectivity index (χ3n) is 4.10. The van der Waals surface area contributed by atoms with E-state index in [1.165, 1.54) is 0 Å². The second-order valence-corrected chi connectivity index (χ2v) is 5.20. The van der Waals surface area contributed by atoms with Gasteiger partial charge < -0.3 is 9.72 Å². The van der Waals surface area contributed by atoms with E-state index in [4.69, 9.17) is 4.74 Å². The second-order valence-electron chi connectivity index (χ2n) is 5.20. The number of ether oxygens (including phenoxy) is 1. The molecule has 0 spiro atoms.